The first-order valence-electron chi connectivity index (χ1n) is 12.2. The van der Waals surface area contributed by atoms with Gasteiger partial charge in [0, 0.05) is 50.2 Å². The molecule has 1 N–H and O–H groups in total. The molecular formula is C27H27F3N6O2. The number of fused-ring (bicyclic) bond motifs is 1. The number of rotatable bonds is 4. The van der Waals surface area contributed by atoms with Crippen LogP contribution in [0, 0.1) is 13.8 Å². The Morgan fingerprint density at radius 2 is 1.84 bits per heavy atom. The first-order chi connectivity index (χ1) is 18.0. The zero-order valence-corrected chi connectivity index (χ0v) is 21.2. The maximum Gasteiger partial charge on any atom is 0.433 e. The van der Waals surface area contributed by atoms with Gasteiger partial charge in [0.15, 0.2) is 5.69 Å². The van der Waals surface area contributed by atoms with Crippen LogP contribution in [-0.2, 0) is 13.2 Å². The van der Waals surface area contributed by atoms with E-state index in [-0.39, 0.29) is 11.8 Å². The van der Waals surface area contributed by atoms with Crippen LogP contribution in [0.1, 0.15) is 55.6 Å². The fourth-order valence-corrected chi connectivity index (χ4v) is 5.21. The third-order valence-corrected chi connectivity index (χ3v) is 7.12. The molecule has 1 fully saturated rings. The average molecular weight is 525 g/mol. The van der Waals surface area contributed by atoms with E-state index in [1.165, 1.54) is 0 Å². The van der Waals surface area contributed by atoms with E-state index in [0.717, 1.165) is 35.7 Å². The number of aryl methyl sites for hydroxylation is 3. The molecule has 5 rings (SSSR count). The molecule has 3 aromatic heterocycles. The maximum atomic E-state index is 13.6. The summed E-state index contributed by atoms with van der Waals surface area (Å²) < 4.78 is 43.2. The minimum Gasteiger partial charge on any atom is -0.348 e. The van der Waals surface area contributed by atoms with E-state index in [1.807, 2.05) is 54.6 Å². The van der Waals surface area contributed by atoms with Gasteiger partial charge in [-0.1, -0.05) is 30.3 Å². The number of imidazole rings is 1. The Balaban J connectivity index is 1.41. The molecular weight excluding hydrogens is 497 g/mol. The summed E-state index contributed by atoms with van der Waals surface area (Å²) in [4.78, 5) is 32.7. The number of aromatic nitrogens is 4. The molecule has 38 heavy (non-hydrogen) atoms. The normalized spacial score (nSPS) is 18.1. The lowest BCUT2D eigenvalue weighted by Gasteiger charge is -2.39. The smallest absolute Gasteiger partial charge is 0.348 e. The number of nitrogens with one attached hydrogen (secondary N) is 1. The van der Waals surface area contributed by atoms with E-state index in [4.69, 9.17) is 0 Å². The predicted molar refractivity (Wildman–Crippen MR) is 134 cm³/mol. The van der Waals surface area contributed by atoms with E-state index in [0.29, 0.717) is 29.8 Å². The van der Waals surface area contributed by atoms with Gasteiger partial charge in [0.25, 0.3) is 11.8 Å². The molecule has 198 valence electrons. The summed E-state index contributed by atoms with van der Waals surface area (Å²) in [6, 6.07) is 10.7. The Labute approximate surface area is 217 Å². The molecule has 0 saturated carbocycles. The van der Waals surface area contributed by atoms with Crippen LogP contribution in [0.3, 0.4) is 0 Å². The van der Waals surface area contributed by atoms with Crippen LogP contribution in [0.2, 0.25) is 0 Å². The Morgan fingerprint density at radius 3 is 2.55 bits per heavy atom. The van der Waals surface area contributed by atoms with Crippen LogP contribution in [0.5, 0.6) is 0 Å². The molecule has 0 bridgehead atoms. The fraction of sp³-hybridized carbons (Fsp3) is 0.333. The lowest BCUT2D eigenvalue weighted by molar-refractivity contribution is -0.144. The van der Waals surface area contributed by atoms with E-state index in [1.54, 1.807) is 17.3 Å². The Kier molecular flexibility index (Phi) is 6.46. The van der Waals surface area contributed by atoms with Gasteiger partial charge in [-0.15, -0.1) is 0 Å². The summed E-state index contributed by atoms with van der Waals surface area (Å²) >= 11 is 0. The minimum atomic E-state index is -4.72. The number of benzene rings is 1. The largest absolute Gasteiger partial charge is 0.433 e. The lowest BCUT2D eigenvalue weighted by atomic mass is 9.85. The predicted octanol–water partition coefficient (Wildman–Crippen LogP) is 4.13. The van der Waals surface area contributed by atoms with E-state index in [2.05, 4.69) is 15.4 Å². The number of alkyl halides is 3. The number of hydrogen-bond donors (Lipinski definition) is 1. The van der Waals surface area contributed by atoms with Crippen molar-refractivity contribution in [1.82, 2.24) is 29.4 Å². The quantitative estimate of drug-likeness (QED) is 0.435. The number of likely N-dealkylation sites (tertiary alicyclic amines) is 1. The molecule has 1 aliphatic heterocycles. The van der Waals surface area contributed by atoms with Gasteiger partial charge in [-0.25, -0.2) is 4.98 Å². The van der Waals surface area contributed by atoms with Crippen molar-refractivity contribution in [3.8, 4) is 0 Å². The summed E-state index contributed by atoms with van der Waals surface area (Å²) in [5, 5.41) is 6.45. The fourth-order valence-electron chi connectivity index (χ4n) is 5.21. The van der Waals surface area contributed by atoms with Gasteiger partial charge in [0.05, 0.1) is 17.3 Å². The second-order valence-electron chi connectivity index (χ2n) is 9.67. The van der Waals surface area contributed by atoms with Gasteiger partial charge in [0.1, 0.15) is 5.65 Å². The summed E-state index contributed by atoms with van der Waals surface area (Å²) in [5.41, 5.74) is 2.36. The molecule has 0 radical (unpaired) electrons. The molecule has 0 spiro atoms. The SMILES string of the molecule is Cc1cc(C(=O)N2CC[C@@H](NC(=O)c3cnn(C)c3C(F)(F)F)[C@@H](c3ccccc3)C2)cn2c(C)cnc12. The number of halogens is 3. The van der Waals surface area contributed by atoms with Crippen molar-refractivity contribution in [3.63, 3.8) is 0 Å². The van der Waals surface area contributed by atoms with Gasteiger partial charge in [-0.05, 0) is 37.5 Å². The molecule has 2 amide bonds. The Morgan fingerprint density at radius 1 is 1.11 bits per heavy atom. The summed E-state index contributed by atoms with van der Waals surface area (Å²) in [6.07, 6.45) is 0.121. The van der Waals surface area contributed by atoms with Gasteiger partial charge in [-0.3, -0.25) is 14.3 Å². The summed E-state index contributed by atoms with van der Waals surface area (Å²) in [5.74, 6) is -1.31. The highest BCUT2D eigenvalue weighted by molar-refractivity contribution is 5.96. The van der Waals surface area contributed by atoms with Crippen molar-refractivity contribution in [2.45, 2.75) is 38.4 Å². The van der Waals surface area contributed by atoms with Crippen LogP contribution in [0.4, 0.5) is 13.2 Å². The zero-order valence-electron chi connectivity index (χ0n) is 21.2. The topological polar surface area (TPSA) is 84.5 Å². The lowest BCUT2D eigenvalue weighted by Crippen LogP contribution is -2.51. The first-order valence-corrected chi connectivity index (χ1v) is 12.2. The van der Waals surface area contributed by atoms with Crippen LogP contribution < -0.4 is 5.32 Å². The summed E-state index contributed by atoms with van der Waals surface area (Å²) in [7, 11) is 1.15. The Bertz CT molecular complexity index is 1510. The van der Waals surface area contributed by atoms with Crippen molar-refractivity contribution in [2.75, 3.05) is 13.1 Å². The van der Waals surface area contributed by atoms with Crippen molar-refractivity contribution in [2.24, 2.45) is 7.05 Å². The molecule has 4 aromatic rings. The van der Waals surface area contributed by atoms with Gasteiger partial charge in [-0.2, -0.15) is 18.3 Å². The summed E-state index contributed by atoms with van der Waals surface area (Å²) in [6.45, 7) is 4.46. The zero-order chi connectivity index (χ0) is 27.2. The van der Waals surface area contributed by atoms with Crippen LogP contribution in [-0.4, -0.2) is 55.0 Å². The van der Waals surface area contributed by atoms with Gasteiger partial charge >= 0.3 is 6.18 Å². The standard InChI is InChI=1S/C27H27F3N6O2/c1-16-11-19(14-36-17(2)12-31-24(16)36)26(38)35-10-9-22(21(15-35)18-7-5-4-6-8-18)33-25(37)20-13-32-34(3)23(20)27(28,29)30/h4-8,11-14,21-22H,9-10,15H2,1-3H3,(H,33,37)/t21-,22-/m1/s1. The van der Waals surface area contributed by atoms with Crippen molar-refractivity contribution < 1.29 is 22.8 Å². The molecule has 0 aliphatic carbocycles. The molecule has 2 atom stereocenters. The van der Waals surface area contributed by atoms with Crippen LogP contribution >= 0.6 is 0 Å². The molecule has 1 aliphatic rings. The second kappa shape index (κ2) is 9.62. The molecule has 8 nitrogen and oxygen atoms in total. The monoisotopic (exact) mass is 524 g/mol. The first kappa shape index (κ1) is 25.5. The third-order valence-electron chi connectivity index (χ3n) is 7.12. The molecule has 1 saturated heterocycles. The third kappa shape index (κ3) is 4.64. The molecule has 4 heterocycles. The molecule has 11 heteroatoms. The van der Waals surface area contributed by atoms with Crippen molar-refractivity contribution in [1.29, 1.82) is 0 Å². The highest BCUT2D eigenvalue weighted by Gasteiger charge is 2.41. The number of hydrogen-bond acceptors (Lipinski definition) is 4. The maximum absolute atomic E-state index is 13.6. The number of pyridine rings is 1. The highest BCUT2D eigenvalue weighted by Crippen LogP contribution is 2.33. The number of piperidine rings is 1. The van der Waals surface area contributed by atoms with E-state index < -0.39 is 29.4 Å². The number of amides is 2. The van der Waals surface area contributed by atoms with Crippen molar-refractivity contribution >= 4 is 17.5 Å². The molecule has 1 aromatic carbocycles. The van der Waals surface area contributed by atoms with Gasteiger partial charge in [0.2, 0.25) is 0 Å². The number of nitrogens with zero attached hydrogens (tertiary/aromatic N) is 5. The molecule has 0 unspecified atom stereocenters. The van der Waals surface area contributed by atoms with E-state index in [9.17, 15) is 22.8 Å². The van der Waals surface area contributed by atoms with Gasteiger partial charge < -0.3 is 14.6 Å². The van der Waals surface area contributed by atoms with Crippen LogP contribution in [0.15, 0.2) is 55.0 Å². The second-order valence-corrected chi connectivity index (χ2v) is 9.67. The van der Waals surface area contributed by atoms with Crippen molar-refractivity contribution in [3.05, 3.63) is 88.6 Å². The Hall–Kier alpha value is -4.15. The number of carbonyl (C=O) groups excluding carboxylic acids is 2. The number of carbonyl (C=O) groups is 2. The van der Waals surface area contributed by atoms with Crippen LogP contribution in [0.25, 0.3) is 5.65 Å². The highest BCUT2D eigenvalue weighted by atomic mass is 19.4. The minimum absolute atomic E-state index is 0.152. The van der Waals surface area contributed by atoms with E-state index >= 15 is 0 Å². The average Bonchev–Trinajstić information content (AvgIpc) is 3.47.